The van der Waals surface area contributed by atoms with Gasteiger partial charge in [0.25, 0.3) is 0 Å². The molecule has 0 atom stereocenters. The van der Waals surface area contributed by atoms with Crippen LogP contribution in [-0.2, 0) is 0 Å². The number of nitrogens with zero attached hydrogens (tertiary/aromatic N) is 3. The third-order valence-corrected chi connectivity index (χ3v) is 2.03. The maximum atomic E-state index is 12.0. The van der Waals surface area contributed by atoms with E-state index >= 15 is 0 Å². The molecule has 86 valence electrons. The molecule has 0 spiro atoms. The van der Waals surface area contributed by atoms with Gasteiger partial charge in [0.05, 0.1) is 0 Å². The Labute approximate surface area is 96.2 Å². The van der Waals surface area contributed by atoms with E-state index in [9.17, 15) is 13.2 Å². The highest BCUT2D eigenvalue weighted by molar-refractivity contribution is 9.10. The molecule has 2 heterocycles. The van der Waals surface area contributed by atoms with Crippen molar-refractivity contribution in [1.82, 2.24) is 14.6 Å². The molecule has 0 saturated heterocycles. The van der Waals surface area contributed by atoms with Crippen LogP contribution >= 0.6 is 15.9 Å². The topological polar surface area (TPSA) is 39.4 Å². The molecule has 0 unspecified atom stereocenters. The zero-order valence-electron chi connectivity index (χ0n) is 7.70. The molecule has 0 saturated carbocycles. The highest BCUT2D eigenvalue weighted by Crippen LogP contribution is 2.22. The Morgan fingerprint density at radius 3 is 2.88 bits per heavy atom. The van der Waals surface area contributed by atoms with Crippen LogP contribution in [0.25, 0.3) is 5.65 Å². The van der Waals surface area contributed by atoms with Gasteiger partial charge in [-0.3, -0.25) is 0 Å². The first kappa shape index (κ1) is 11.2. The first-order valence-electron chi connectivity index (χ1n) is 4.16. The number of rotatable bonds is 2. The van der Waals surface area contributed by atoms with Gasteiger partial charge in [0, 0.05) is 6.20 Å². The van der Waals surface area contributed by atoms with Gasteiger partial charge < -0.3 is 4.74 Å². The van der Waals surface area contributed by atoms with E-state index in [0.717, 1.165) is 0 Å². The SMILES string of the molecule is FC(F)(F)COc1cccn2nc(Br)nc12. The Kier molecular flexibility index (Phi) is 2.75. The van der Waals surface area contributed by atoms with Gasteiger partial charge in [-0.1, -0.05) is 0 Å². The molecule has 0 aliphatic carbocycles. The van der Waals surface area contributed by atoms with Gasteiger partial charge in [-0.2, -0.15) is 18.2 Å². The van der Waals surface area contributed by atoms with Crippen LogP contribution in [0.3, 0.4) is 0 Å². The largest absolute Gasteiger partial charge is 0.480 e. The highest BCUT2D eigenvalue weighted by atomic mass is 79.9. The number of hydrogen-bond acceptors (Lipinski definition) is 3. The van der Waals surface area contributed by atoms with Crippen molar-refractivity contribution in [3.8, 4) is 5.75 Å². The van der Waals surface area contributed by atoms with Gasteiger partial charge in [0.2, 0.25) is 4.73 Å². The van der Waals surface area contributed by atoms with E-state index in [-0.39, 0.29) is 16.1 Å². The number of ether oxygens (including phenoxy) is 1. The lowest BCUT2D eigenvalue weighted by molar-refractivity contribution is -0.153. The van der Waals surface area contributed by atoms with E-state index in [1.54, 1.807) is 6.20 Å². The van der Waals surface area contributed by atoms with E-state index in [4.69, 9.17) is 0 Å². The lowest BCUT2D eigenvalue weighted by atomic mass is 10.4. The quantitative estimate of drug-likeness (QED) is 0.854. The van der Waals surface area contributed by atoms with E-state index in [1.807, 2.05) is 0 Å². The lowest BCUT2D eigenvalue weighted by Crippen LogP contribution is -2.19. The van der Waals surface area contributed by atoms with Crippen LogP contribution in [-0.4, -0.2) is 27.4 Å². The maximum absolute atomic E-state index is 12.0. The average Bonchev–Trinajstić information content (AvgIpc) is 2.54. The van der Waals surface area contributed by atoms with Crippen molar-refractivity contribution in [2.24, 2.45) is 0 Å². The number of alkyl halides is 3. The molecule has 0 N–H and O–H groups in total. The van der Waals surface area contributed by atoms with E-state index < -0.39 is 12.8 Å². The second-order valence-electron chi connectivity index (χ2n) is 2.93. The molecule has 4 nitrogen and oxygen atoms in total. The van der Waals surface area contributed by atoms with Gasteiger partial charge in [0.15, 0.2) is 18.0 Å². The summed E-state index contributed by atoms with van der Waals surface area (Å²) in [5.74, 6) is 0.0398. The molecule has 8 heteroatoms. The van der Waals surface area contributed by atoms with Crippen LogP contribution in [0.4, 0.5) is 13.2 Å². The third kappa shape index (κ3) is 2.43. The number of halogens is 4. The predicted octanol–water partition coefficient (Wildman–Crippen LogP) is 2.43. The van der Waals surface area contributed by atoms with Crippen LogP contribution in [0.15, 0.2) is 23.1 Å². The number of hydrogen-bond donors (Lipinski definition) is 0. The van der Waals surface area contributed by atoms with Crippen molar-refractivity contribution < 1.29 is 17.9 Å². The Morgan fingerprint density at radius 1 is 1.44 bits per heavy atom. The number of pyridine rings is 1. The smallest absolute Gasteiger partial charge is 0.422 e. The molecule has 0 fully saturated rings. The minimum absolute atomic E-state index is 0.0398. The first-order valence-corrected chi connectivity index (χ1v) is 4.95. The molecule has 0 amide bonds. The predicted molar refractivity (Wildman–Crippen MR) is 52.2 cm³/mol. The molecule has 0 aliphatic rings. The molecule has 2 aromatic heterocycles. The zero-order chi connectivity index (χ0) is 11.8. The van der Waals surface area contributed by atoms with Crippen molar-refractivity contribution in [3.63, 3.8) is 0 Å². The fourth-order valence-corrected chi connectivity index (χ4v) is 1.47. The Balaban J connectivity index is 2.30. The molecule has 2 aromatic rings. The molecule has 16 heavy (non-hydrogen) atoms. The summed E-state index contributed by atoms with van der Waals surface area (Å²) >= 11 is 3.03. The van der Waals surface area contributed by atoms with Crippen LogP contribution in [0.1, 0.15) is 0 Å². The average molecular weight is 296 g/mol. The lowest BCUT2D eigenvalue weighted by Gasteiger charge is -2.08. The number of fused-ring (bicyclic) bond motifs is 1. The summed E-state index contributed by atoms with van der Waals surface area (Å²) in [6.07, 6.45) is -2.81. The summed E-state index contributed by atoms with van der Waals surface area (Å²) in [4.78, 5) is 3.89. The summed E-state index contributed by atoms with van der Waals surface area (Å²) in [6, 6.07) is 2.93. The van der Waals surface area contributed by atoms with Crippen molar-refractivity contribution in [3.05, 3.63) is 23.1 Å². The van der Waals surface area contributed by atoms with Crippen molar-refractivity contribution in [1.29, 1.82) is 0 Å². The Bertz CT molecular complexity index is 511. The second-order valence-corrected chi connectivity index (χ2v) is 3.63. The molecule has 2 rings (SSSR count). The van der Waals surface area contributed by atoms with Crippen LogP contribution in [0, 0.1) is 0 Å². The molecule has 0 aromatic carbocycles. The summed E-state index contributed by atoms with van der Waals surface area (Å²) in [5, 5.41) is 3.88. The van der Waals surface area contributed by atoms with E-state index in [2.05, 4.69) is 30.7 Å². The van der Waals surface area contributed by atoms with E-state index in [0.29, 0.717) is 0 Å². The third-order valence-electron chi connectivity index (χ3n) is 1.69. The monoisotopic (exact) mass is 295 g/mol. The fourth-order valence-electron chi connectivity index (χ4n) is 1.13. The maximum Gasteiger partial charge on any atom is 0.422 e. The Hall–Kier alpha value is -1.31. The summed E-state index contributed by atoms with van der Waals surface area (Å²) in [6.45, 7) is -1.35. The minimum atomic E-state index is -4.37. The van der Waals surface area contributed by atoms with Gasteiger partial charge in [-0.15, -0.1) is 5.10 Å². The van der Waals surface area contributed by atoms with Crippen molar-refractivity contribution in [2.75, 3.05) is 6.61 Å². The van der Waals surface area contributed by atoms with Crippen LogP contribution in [0.2, 0.25) is 0 Å². The normalized spacial score (nSPS) is 12.0. The van der Waals surface area contributed by atoms with Gasteiger partial charge in [0.1, 0.15) is 0 Å². The fraction of sp³-hybridized carbons (Fsp3) is 0.250. The van der Waals surface area contributed by atoms with Gasteiger partial charge >= 0.3 is 6.18 Å². The molecule has 0 radical (unpaired) electrons. The van der Waals surface area contributed by atoms with Gasteiger partial charge in [-0.25, -0.2) is 4.52 Å². The highest BCUT2D eigenvalue weighted by Gasteiger charge is 2.28. The van der Waals surface area contributed by atoms with Crippen LogP contribution < -0.4 is 4.74 Å². The van der Waals surface area contributed by atoms with E-state index in [1.165, 1.54) is 16.6 Å². The minimum Gasteiger partial charge on any atom is -0.480 e. The molecular formula is C8H5BrF3N3O. The summed E-state index contributed by atoms with van der Waals surface area (Å²) < 4.78 is 42.2. The summed E-state index contributed by atoms with van der Waals surface area (Å²) in [7, 11) is 0. The first-order chi connectivity index (χ1) is 7.46. The Morgan fingerprint density at radius 2 is 2.19 bits per heavy atom. The number of aromatic nitrogens is 3. The second kappa shape index (κ2) is 3.93. The standard InChI is InChI=1S/C8H5BrF3N3O/c9-7-13-6-5(16-4-8(10,11)12)2-1-3-15(6)14-7/h1-3H,4H2. The van der Waals surface area contributed by atoms with Gasteiger partial charge in [-0.05, 0) is 28.1 Å². The zero-order valence-corrected chi connectivity index (χ0v) is 9.29. The molecule has 0 aliphatic heterocycles. The summed E-state index contributed by atoms with van der Waals surface area (Å²) in [5.41, 5.74) is 0.235. The molecular weight excluding hydrogens is 291 g/mol. The van der Waals surface area contributed by atoms with Crippen molar-refractivity contribution >= 4 is 21.6 Å². The van der Waals surface area contributed by atoms with Crippen molar-refractivity contribution in [2.45, 2.75) is 6.18 Å². The molecule has 0 bridgehead atoms. The van der Waals surface area contributed by atoms with Crippen LogP contribution in [0.5, 0.6) is 5.75 Å².